The predicted molar refractivity (Wildman–Crippen MR) is 40.0 cm³/mol. The van der Waals surface area contributed by atoms with Gasteiger partial charge in [-0.15, -0.1) is 0 Å². The summed E-state index contributed by atoms with van der Waals surface area (Å²) in [5, 5.41) is 10.4. The average molecular weight is 156 g/mol. The molecule has 1 heterocycles. The topological polar surface area (TPSA) is 46.4 Å². The molecule has 1 aliphatic carbocycles. The van der Waals surface area contributed by atoms with Crippen LogP contribution < -0.4 is 0 Å². The van der Waals surface area contributed by atoms with Crippen LogP contribution in [0.25, 0.3) is 0 Å². The summed E-state index contributed by atoms with van der Waals surface area (Å²) < 4.78 is 0. The maximum absolute atomic E-state index is 10.4. The standard InChI is InChI=1S/C7H12N2O2/c10-9(11)7-3-4-8(5-7)6-1-2-6/h6-7H,1-5H2. The lowest BCUT2D eigenvalue weighted by Gasteiger charge is -2.10. The van der Waals surface area contributed by atoms with Crippen LogP contribution in [0.3, 0.4) is 0 Å². The van der Waals surface area contributed by atoms with Gasteiger partial charge in [-0.1, -0.05) is 0 Å². The maximum atomic E-state index is 10.4. The third-order valence-corrected chi connectivity index (χ3v) is 2.56. The smallest absolute Gasteiger partial charge is 0.226 e. The second kappa shape index (κ2) is 2.44. The number of hydrogen-bond acceptors (Lipinski definition) is 3. The van der Waals surface area contributed by atoms with E-state index >= 15 is 0 Å². The summed E-state index contributed by atoms with van der Waals surface area (Å²) in [5.74, 6) is 0. The van der Waals surface area contributed by atoms with Gasteiger partial charge in [-0.3, -0.25) is 15.0 Å². The molecule has 1 atom stereocenters. The lowest BCUT2D eigenvalue weighted by atomic mass is 10.3. The Bertz CT molecular complexity index is 179. The second-order valence-electron chi connectivity index (χ2n) is 3.45. The third kappa shape index (κ3) is 1.35. The quantitative estimate of drug-likeness (QED) is 0.432. The molecule has 0 aromatic heterocycles. The van der Waals surface area contributed by atoms with Gasteiger partial charge in [0.15, 0.2) is 0 Å². The van der Waals surface area contributed by atoms with Crippen molar-refractivity contribution >= 4 is 0 Å². The van der Waals surface area contributed by atoms with Crippen molar-refractivity contribution in [3.05, 3.63) is 10.1 Å². The number of rotatable bonds is 2. The Labute approximate surface area is 65.3 Å². The second-order valence-corrected chi connectivity index (χ2v) is 3.45. The van der Waals surface area contributed by atoms with E-state index in [0.717, 1.165) is 13.0 Å². The molecule has 62 valence electrons. The maximum Gasteiger partial charge on any atom is 0.226 e. The Kier molecular flexibility index (Phi) is 1.56. The summed E-state index contributed by atoms with van der Waals surface area (Å²) in [5.41, 5.74) is 0. The first-order valence-electron chi connectivity index (χ1n) is 4.15. The molecule has 0 radical (unpaired) electrons. The van der Waals surface area contributed by atoms with Crippen LogP contribution in [0.2, 0.25) is 0 Å². The molecule has 0 bridgehead atoms. The fraction of sp³-hybridized carbons (Fsp3) is 1.00. The first kappa shape index (κ1) is 7.03. The minimum atomic E-state index is -0.282. The van der Waals surface area contributed by atoms with Crippen LogP contribution in [0.5, 0.6) is 0 Å². The molecule has 0 N–H and O–H groups in total. The Balaban J connectivity index is 1.87. The molecule has 1 aliphatic heterocycles. The molecule has 0 spiro atoms. The zero-order valence-electron chi connectivity index (χ0n) is 6.40. The van der Waals surface area contributed by atoms with Gasteiger partial charge < -0.3 is 0 Å². The Morgan fingerprint density at radius 1 is 1.36 bits per heavy atom. The van der Waals surface area contributed by atoms with E-state index in [1.807, 2.05) is 0 Å². The molecule has 1 unspecified atom stereocenters. The fourth-order valence-corrected chi connectivity index (χ4v) is 1.71. The first-order chi connectivity index (χ1) is 5.27. The average Bonchev–Trinajstić information content (AvgIpc) is 2.68. The molecule has 2 aliphatic rings. The number of nitrogens with zero attached hydrogens (tertiary/aromatic N) is 2. The lowest BCUT2D eigenvalue weighted by molar-refractivity contribution is -0.518. The van der Waals surface area contributed by atoms with Crippen molar-refractivity contribution in [2.24, 2.45) is 0 Å². The third-order valence-electron chi connectivity index (χ3n) is 2.56. The molecule has 1 saturated carbocycles. The van der Waals surface area contributed by atoms with Crippen molar-refractivity contribution in [3.63, 3.8) is 0 Å². The first-order valence-corrected chi connectivity index (χ1v) is 4.15. The highest BCUT2D eigenvalue weighted by molar-refractivity contribution is 4.89. The van der Waals surface area contributed by atoms with Gasteiger partial charge in [-0.2, -0.15) is 0 Å². The molecule has 0 aromatic rings. The van der Waals surface area contributed by atoms with E-state index in [9.17, 15) is 10.1 Å². The molecule has 0 amide bonds. The van der Waals surface area contributed by atoms with Crippen LogP contribution >= 0.6 is 0 Å². The molecular formula is C7H12N2O2. The van der Waals surface area contributed by atoms with E-state index in [1.165, 1.54) is 12.8 Å². The van der Waals surface area contributed by atoms with E-state index in [4.69, 9.17) is 0 Å². The molecular weight excluding hydrogens is 144 g/mol. The van der Waals surface area contributed by atoms with Gasteiger partial charge >= 0.3 is 0 Å². The van der Waals surface area contributed by atoms with E-state index in [-0.39, 0.29) is 11.0 Å². The highest BCUT2D eigenvalue weighted by atomic mass is 16.6. The van der Waals surface area contributed by atoms with Crippen molar-refractivity contribution in [2.75, 3.05) is 13.1 Å². The van der Waals surface area contributed by atoms with Crippen LogP contribution in [0.15, 0.2) is 0 Å². The summed E-state index contributed by atoms with van der Waals surface area (Å²) in [4.78, 5) is 12.5. The van der Waals surface area contributed by atoms with Crippen LogP contribution in [0.1, 0.15) is 19.3 Å². The zero-order chi connectivity index (χ0) is 7.84. The SMILES string of the molecule is O=[N+]([O-])C1CCN(C2CC2)C1. The van der Waals surface area contributed by atoms with Crippen LogP contribution in [0, 0.1) is 10.1 Å². The highest BCUT2D eigenvalue weighted by Gasteiger charge is 2.38. The van der Waals surface area contributed by atoms with Gasteiger partial charge in [-0.25, -0.2) is 0 Å². The van der Waals surface area contributed by atoms with E-state index in [1.54, 1.807) is 0 Å². The molecule has 11 heavy (non-hydrogen) atoms. The zero-order valence-corrected chi connectivity index (χ0v) is 6.40. The van der Waals surface area contributed by atoms with Gasteiger partial charge in [0.25, 0.3) is 0 Å². The summed E-state index contributed by atoms with van der Waals surface area (Å²) in [6.07, 6.45) is 3.26. The highest BCUT2D eigenvalue weighted by Crippen LogP contribution is 2.30. The Morgan fingerprint density at radius 2 is 2.09 bits per heavy atom. The van der Waals surface area contributed by atoms with Crippen LogP contribution in [-0.2, 0) is 0 Å². The van der Waals surface area contributed by atoms with Gasteiger partial charge in [0, 0.05) is 23.9 Å². The molecule has 4 heteroatoms. The summed E-state index contributed by atoms with van der Waals surface area (Å²) in [6, 6.07) is 0.413. The lowest BCUT2D eigenvalue weighted by Crippen LogP contribution is -2.27. The summed E-state index contributed by atoms with van der Waals surface area (Å²) in [6.45, 7) is 1.63. The van der Waals surface area contributed by atoms with Gasteiger partial charge in [0.05, 0.1) is 6.54 Å². The molecule has 1 saturated heterocycles. The largest absolute Gasteiger partial charge is 0.294 e. The van der Waals surface area contributed by atoms with Crippen molar-refractivity contribution in [1.29, 1.82) is 0 Å². The monoisotopic (exact) mass is 156 g/mol. The molecule has 4 nitrogen and oxygen atoms in total. The normalized spacial score (nSPS) is 32.5. The summed E-state index contributed by atoms with van der Waals surface area (Å²) >= 11 is 0. The van der Waals surface area contributed by atoms with Crippen LogP contribution in [-0.4, -0.2) is 35.0 Å². The van der Waals surface area contributed by atoms with E-state index < -0.39 is 0 Å². The minimum Gasteiger partial charge on any atom is -0.294 e. The van der Waals surface area contributed by atoms with Gasteiger partial charge in [-0.05, 0) is 12.8 Å². The molecule has 2 rings (SSSR count). The van der Waals surface area contributed by atoms with Crippen molar-refractivity contribution < 1.29 is 4.92 Å². The molecule has 0 aromatic carbocycles. The molecule has 2 fully saturated rings. The van der Waals surface area contributed by atoms with E-state index in [2.05, 4.69) is 4.90 Å². The number of likely N-dealkylation sites (tertiary alicyclic amines) is 1. The summed E-state index contributed by atoms with van der Waals surface area (Å²) in [7, 11) is 0. The Morgan fingerprint density at radius 3 is 2.55 bits per heavy atom. The fourth-order valence-electron chi connectivity index (χ4n) is 1.71. The van der Waals surface area contributed by atoms with Crippen molar-refractivity contribution in [1.82, 2.24) is 4.90 Å². The Hall–Kier alpha value is -0.640. The van der Waals surface area contributed by atoms with Gasteiger partial charge in [0.2, 0.25) is 6.04 Å². The van der Waals surface area contributed by atoms with Crippen molar-refractivity contribution in [3.8, 4) is 0 Å². The predicted octanol–water partition coefficient (Wildman–Crippen LogP) is 0.500. The van der Waals surface area contributed by atoms with E-state index in [0.29, 0.717) is 12.6 Å². The number of hydrogen-bond donors (Lipinski definition) is 0. The van der Waals surface area contributed by atoms with Crippen LogP contribution in [0.4, 0.5) is 0 Å². The minimum absolute atomic E-state index is 0.137. The van der Waals surface area contributed by atoms with Crippen molar-refractivity contribution in [2.45, 2.75) is 31.3 Å². The van der Waals surface area contributed by atoms with Gasteiger partial charge in [0.1, 0.15) is 0 Å². The number of nitro groups is 1.